The van der Waals surface area contributed by atoms with Crippen LogP contribution in [0.5, 0.6) is 0 Å². The monoisotopic (exact) mass is 357 g/mol. The summed E-state index contributed by atoms with van der Waals surface area (Å²) in [4.78, 5) is 25.2. The predicted octanol–water partition coefficient (Wildman–Crippen LogP) is 2.02. The lowest BCUT2D eigenvalue weighted by Crippen LogP contribution is -2.19. The normalized spacial score (nSPS) is 10.6. The van der Waals surface area contributed by atoms with E-state index in [4.69, 9.17) is 0 Å². The Morgan fingerprint density at radius 2 is 2.24 bits per heavy atom. The molecule has 1 heterocycles. The van der Waals surface area contributed by atoms with Crippen LogP contribution in [0.3, 0.4) is 0 Å². The maximum atomic E-state index is 12.7. The van der Waals surface area contributed by atoms with E-state index >= 15 is 0 Å². The molecule has 94 valence electrons. The largest absolute Gasteiger partial charge is 0.466 e. The number of hydrogen-bond acceptors (Lipinski definition) is 3. The van der Waals surface area contributed by atoms with Crippen LogP contribution in [0.25, 0.3) is 0 Å². The highest BCUT2D eigenvalue weighted by Gasteiger charge is 2.20. The van der Waals surface area contributed by atoms with Crippen LogP contribution in [-0.2, 0) is 16.0 Å². The third kappa shape index (κ3) is 3.76. The molecule has 0 aromatic carbocycles. The smallest absolute Gasteiger partial charge is 0.311 e. The summed E-state index contributed by atoms with van der Waals surface area (Å²) in [6.45, 7) is 1.78. The Bertz CT molecular complexity index is 473. The molecule has 0 fully saturated rings. The first kappa shape index (κ1) is 14.1. The molecule has 1 N–H and O–H groups in total. The van der Waals surface area contributed by atoms with E-state index in [9.17, 15) is 18.4 Å². The fraction of sp³-hybridized carbons (Fsp3) is 0.400. The van der Waals surface area contributed by atoms with Crippen molar-refractivity contribution in [2.45, 2.75) is 19.8 Å². The van der Waals surface area contributed by atoms with Gasteiger partial charge in [-0.05, 0) is 29.5 Å². The summed E-state index contributed by atoms with van der Waals surface area (Å²) in [5, 5.41) is 0. The fourth-order valence-corrected chi connectivity index (χ4v) is 1.93. The number of aromatic amines is 1. The topological polar surface area (TPSA) is 59.2 Å². The Morgan fingerprint density at radius 1 is 1.59 bits per heavy atom. The van der Waals surface area contributed by atoms with Gasteiger partial charge in [0.25, 0.3) is 6.43 Å². The van der Waals surface area contributed by atoms with Crippen molar-refractivity contribution < 1.29 is 18.3 Å². The number of hydrogen-bond donors (Lipinski definition) is 1. The van der Waals surface area contributed by atoms with Crippen LogP contribution < -0.4 is 5.43 Å². The van der Waals surface area contributed by atoms with Crippen molar-refractivity contribution >= 4 is 28.6 Å². The van der Waals surface area contributed by atoms with Crippen LogP contribution in [0.1, 0.15) is 24.6 Å². The van der Waals surface area contributed by atoms with Crippen LogP contribution in [0, 0.1) is 3.70 Å². The highest BCUT2D eigenvalue weighted by atomic mass is 127. The first-order valence-corrected chi connectivity index (χ1v) is 5.89. The number of esters is 1. The summed E-state index contributed by atoms with van der Waals surface area (Å²) in [6, 6.07) is 1.07. The third-order valence-corrected chi connectivity index (χ3v) is 2.54. The van der Waals surface area contributed by atoms with Crippen LogP contribution in [0.4, 0.5) is 8.78 Å². The minimum absolute atomic E-state index is 0.0876. The highest BCUT2D eigenvalue weighted by molar-refractivity contribution is 14.1. The Balaban J connectivity index is 3.12. The standard InChI is InChI=1S/C10H10F2INO3/c1-2-17-8(16)3-5-9(10(11)12)6(15)4-7(13)14-5/h4,10H,2-3H2,1H3,(H,14,15). The van der Waals surface area contributed by atoms with E-state index in [0.29, 0.717) is 3.70 Å². The van der Waals surface area contributed by atoms with Gasteiger partial charge >= 0.3 is 5.97 Å². The Labute approximate surface area is 110 Å². The quantitative estimate of drug-likeness (QED) is 0.510. The van der Waals surface area contributed by atoms with Gasteiger partial charge in [0.2, 0.25) is 0 Å². The van der Waals surface area contributed by atoms with Gasteiger partial charge in [0.15, 0.2) is 5.43 Å². The van der Waals surface area contributed by atoms with Crippen molar-refractivity contribution in [3.63, 3.8) is 0 Å². The molecule has 7 heteroatoms. The second-order valence-electron chi connectivity index (χ2n) is 3.16. The van der Waals surface area contributed by atoms with E-state index in [1.807, 2.05) is 0 Å². The molecular weight excluding hydrogens is 347 g/mol. The van der Waals surface area contributed by atoms with Gasteiger partial charge in [-0.3, -0.25) is 9.59 Å². The molecule has 0 radical (unpaired) electrons. The molecule has 1 aromatic rings. The lowest BCUT2D eigenvalue weighted by atomic mass is 10.1. The van der Waals surface area contributed by atoms with Gasteiger partial charge in [-0.1, -0.05) is 0 Å². The molecule has 0 aliphatic rings. The van der Waals surface area contributed by atoms with Gasteiger partial charge in [-0.25, -0.2) is 8.78 Å². The van der Waals surface area contributed by atoms with Gasteiger partial charge in [0.1, 0.15) is 0 Å². The number of carbonyl (C=O) groups excluding carboxylic acids is 1. The molecule has 1 aromatic heterocycles. The Hall–Kier alpha value is -0.990. The molecule has 0 saturated heterocycles. The van der Waals surface area contributed by atoms with Gasteiger partial charge in [0.05, 0.1) is 22.3 Å². The van der Waals surface area contributed by atoms with Gasteiger partial charge in [-0.2, -0.15) is 0 Å². The number of halogens is 3. The molecule has 17 heavy (non-hydrogen) atoms. The summed E-state index contributed by atoms with van der Waals surface area (Å²) >= 11 is 1.79. The van der Waals surface area contributed by atoms with Crippen molar-refractivity contribution in [1.29, 1.82) is 0 Å². The number of carbonyl (C=O) groups is 1. The van der Waals surface area contributed by atoms with Crippen molar-refractivity contribution in [3.05, 3.63) is 31.2 Å². The van der Waals surface area contributed by atoms with Crippen molar-refractivity contribution in [2.24, 2.45) is 0 Å². The molecular formula is C10H10F2INO3. The average molecular weight is 357 g/mol. The number of ether oxygens (including phenoxy) is 1. The summed E-state index contributed by atoms with van der Waals surface area (Å²) in [6.07, 6.45) is -3.28. The SMILES string of the molecule is CCOC(=O)Cc1[nH]c(I)cc(=O)c1C(F)F. The molecule has 0 aliphatic heterocycles. The van der Waals surface area contributed by atoms with Crippen LogP contribution in [0.2, 0.25) is 0 Å². The maximum Gasteiger partial charge on any atom is 0.311 e. The number of nitrogens with one attached hydrogen (secondary N) is 1. The summed E-state index contributed by atoms with van der Waals surface area (Å²) in [5.74, 6) is -0.646. The number of aromatic nitrogens is 1. The molecule has 4 nitrogen and oxygen atoms in total. The second-order valence-corrected chi connectivity index (χ2v) is 4.32. The molecule has 1 rings (SSSR count). The number of H-pyrrole nitrogens is 1. The highest BCUT2D eigenvalue weighted by Crippen LogP contribution is 2.19. The predicted molar refractivity (Wildman–Crippen MR) is 65.1 cm³/mol. The second kappa shape index (κ2) is 6.08. The summed E-state index contributed by atoms with van der Waals surface area (Å²) in [5.41, 5.74) is -1.53. The zero-order valence-electron chi connectivity index (χ0n) is 8.93. The number of rotatable bonds is 4. The van der Waals surface area contributed by atoms with E-state index in [0.717, 1.165) is 6.07 Å². The first-order valence-electron chi connectivity index (χ1n) is 4.81. The van der Waals surface area contributed by atoms with Crippen molar-refractivity contribution in [1.82, 2.24) is 4.98 Å². The Kier molecular flexibility index (Phi) is 5.03. The van der Waals surface area contributed by atoms with Crippen LogP contribution >= 0.6 is 22.6 Å². The average Bonchev–Trinajstić information content (AvgIpc) is 2.15. The lowest BCUT2D eigenvalue weighted by molar-refractivity contribution is -0.142. The van der Waals surface area contributed by atoms with Crippen LogP contribution in [-0.4, -0.2) is 17.6 Å². The first-order chi connectivity index (χ1) is 7.95. The van der Waals surface area contributed by atoms with Crippen LogP contribution in [0.15, 0.2) is 10.9 Å². The molecule has 0 bridgehead atoms. The van der Waals surface area contributed by atoms with E-state index < -0.39 is 23.4 Å². The number of pyridine rings is 1. The minimum Gasteiger partial charge on any atom is -0.466 e. The van der Waals surface area contributed by atoms with Crippen molar-refractivity contribution in [3.8, 4) is 0 Å². The summed E-state index contributed by atoms with van der Waals surface area (Å²) < 4.78 is 30.4. The molecule has 0 atom stereocenters. The molecule has 0 amide bonds. The Morgan fingerprint density at radius 3 is 2.76 bits per heavy atom. The van der Waals surface area contributed by atoms with Gasteiger partial charge < -0.3 is 9.72 Å². The maximum absolute atomic E-state index is 12.7. The zero-order valence-corrected chi connectivity index (χ0v) is 11.1. The van der Waals surface area contributed by atoms with E-state index in [1.54, 1.807) is 29.5 Å². The van der Waals surface area contributed by atoms with Gasteiger partial charge in [-0.15, -0.1) is 0 Å². The lowest BCUT2D eigenvalue weighted by Gasteiger charge is -2.08. The van der Waals surface area contributed by atoms with E-state index in [-0.39, 0.29) is 18.7 Å². The molecule has 0 spiro atoms. The van der Waals surface area contributed by atoms with Gasteiger partial charge in [0, 0.05) is 11.8 Å². The molecule has 0 unspecified atom stereocenters. The molecule has 0 aliphatic carbocycles. The molecule has 0 saturated carbocycles. The summed E-state index contributed by atoms with van der Waals surface area (Å²) in [7, 11) is 0. The zero-order chi connectivity index (χ0) is 13.0. The van der Waals surface area contributed by atoms with Crippen molar-refractivity contribution in [2.75, 3.05) is 6.61 Å². The minimum atomic E-state index is -2.92. The van der Waals surface area contributed by atoms with E-state index in [1.165, 1.54) is 0 Å². The fourth-order valence-electron chi connectivity index (χ4n) is 1.32. The third-order valence-electron chi connectivity index (χ3n) is 1.96. The number of alkyl halides is 2. The van der Waals surface area contributed by atoms with E-state index in [2.05, 4.69) is 9.72 Å².